The highest BCUT2D eigenvalue weighted by Crippen LogP contribution is 2.22. The maximum atomic E-state index is 13.5. The molecule has 1 aromatic rings. The average Bonchev–Trinajstić information content (AvgIpc) is 2.12. The molecule has 4 heteroatoms. The number of Topliss-reactive ketones (excluding diaryl/α,β-unsaturated/α-hetero) is 1. The third kappa shape index (κ3) is 1.94. The van der Waals surface area contributed by atoms with Crippen molar-refractivity contribution in [1.82, 2.24) is 0 Å². The van der Waals surface area contributed by atoms with Crippen LogP contribution in [0.15, 0.2) is 12.1 Å². The fourth-order valence-corrected chi connectivity index (χ4v) is 1.35. The number of carbonyl (C=O) groups excluding carboxylic acids is 1. The van der Waals surface area contributed by atoms with E-state index in [1.165, 1.54) is 19.1 Å². The highest BCUT2D eigenvalue weighted by atomic mass is 35.5. The van der Waals surface area contributed by atoms with E-state index in [-0.39, 0.29) is 10.6 Å². The van der Waals surface area contributed by atoms with Gasteiger partial charge >= 0.3 is 0 Å². The van der Waals surface area contributed by atoms with Gasteiger partial charge < -0.3 is 5.73 Å². The molecule has 2 nitrogen and oxygen atoms in total. The Bertz CT molecular complexity index is 377. The van der Waals surface area contributed by atoms with Crippen molar-refractivity contribution < 1.29 is 9.18 Å². The van der Waals surface area contributed by atoms with Crippen molar-refractivity contribution in [2.75, 3.05) is 0 Å². The van der Waals surface area contributed by atoms with E-state index in [0.717, 1.165) is 0 Å². The number of aryl methyl sites for hydroxylation is 1. The van der Waals surface area contributed by atoms with Gasteiger partial charge in [-0.15, -0.1) is 0 Å². The number of hydrogen-bond donors (Lipinski definition) is 1. The van der Waals surface area contributed by atoms with Gasteiger partial charge in [-0.1, -0.05) is 17.7 Å². The molecule has 2 N–H and O–H groups in total. The quantitative estimate of drug-likeness (QED) is 0.770. The zero-order valence-electron chi connectivity index (χ0n) is 7.97. The lowest BCUT2D eigenvalue weighted by atomic mass is 10.0. The van der Waals surface area contributed by atoms with E-state index in [1.54, 1.807) is 6.92 Å². The van der Waals surface area contributed by atoms with Gasteiger partial charge in [-0.2, -0.15) is 0 Å². The van der Waals surface area contributed by atoms with Crippen LogP contribution in [0, 0.1) is 12.7 Å². The Balaban J connectivity index is 3.33. The van der Waals surface area contributed by atoms with Crippen LogP contribution in [0.25, 0.3) is 0 Å². The first-order valence-electron chi connectivity index (χ1n) is 4.19. The Morgan fingerprint density at radius 3 is 2.64 bits per heavy atom. The van der Waals surface area contributed by atoms with E-state index >= 15 is 0 Å². The van der Waals surface area contributed by atoms with Crippen molar-refractivity contribution in [3.8, 4) is 0 Å². The fourth-order valence-electron chi connectivity index (χ4n) is 1.11. The van der Waals surface area contributed by atoms with Crippen LogP contribution in [0.1, 0.15) is 22.8 Å². The van der Waals surface area contributed by atoms with Gasteiger partial charge in [0, 0.05) is 0 Å². The summed E-state index contributed by atoms with van der Waals surface area (Å²) < 4.78 is 13.5. The Morgan fingerprint density at radius 2 is 2.14 bits per heavy atom. The van der Waals surface area contributed by atoms with Gasteiger partial charge in [0.05, 0.1) is 16.6 Å². The lowest BCUT2D eigenvalue weighted by Gasteiger charge is -2.09. The lowest BCUT2D eigenvalue weighted by molar-refractivity contribution is 0.0964. The third-order valence-electron chi connectivity index (χ3n) is 1.94. The van der Waals surface area contributed by atoms with Crippen LogP contribution >= 0.6 is 11.6 Å². The number of ketones is 1. The molecule has 1 atom stereocenters. The van der Waals surface area contributed by atoms with E-state index < -0.39 is 17.6 Å². The molecule has 0 saturated heterocycles. The van der Waals surface area contributed by atoms with E-state index in [4.69, 9.17) is 17.3 Å². The summed E-state index contributed by atoms with van der Waals surface area (Å²) in [4.78, 5) is 11.5. The first-order chi connectivity index (χ1) is 6.45. The minimum Gasteiger partial charge on any atom is -0.321 e. The van der Waals surface area contributed by atoms with Gasteiger partial charge in [0.1, 0.15) is 5.82 Å². The molecule has 76 valence electrons. The predicted molar refractivity (Wildman–Crippen MR) is 54.1 cm³/mol. The van der Waals surface area contributed by atoms with Gasteiger partial charge in [-0.25, -0.2) is 4.39 Å². The fraction of sp³-hybridized carbons (Fsp3) is 0.300. The second-order valence-electron chi connectivity index (χ2n) is 3.21. The van der Waals surface area contributed by atoms with Crippen LogP contribution < -0.4 is 5.73 Å². The molecule has 14 heavy (non-hydrogen) atoms. The van der Waals surface area contributed by atoms with Crippen LogP contribution in [0.2, 0.25) is 5.02 Å². The minimum atomic E-state index is -0.746. The van der Waals surface area contributed by atoms with Crippen LogP contribution in [-0.4, -0.2) is 11.8 Å². The highest BCUT2D eigenvalue weighted by molar-refractivity contribution is 6.34. The first kappa shape index (κ1) is 11.1. The zero-order chi connectivity index (χ0) is 10.9. The largest absolute Gasteiger partial charge is 0.321 e. The standard InChI is InChI=1S/C10H11ClFNO/c1-5-3-4-7(11)8(9(5)12)10(14)6(2)13/h3-4,6H,13H2,1-2H3. The second kappa shape index (κ2) is 4.07. The summed E-state index contributed by atoms with van der Waals surface area (Å²) in [5.41, 5.74) is 5.66. The van der Waals surface area contributed by atoms with Gasteiger partial charge in [0.2, 0.25) is 0 Å². The smallest absolute Gasteiger partial charge is 0.183 e. The highest BCUT2D eigenvalue weighted by Gasteiger charge is 2.20. The molecule has 0 spiro atoms. The molecule has 0 bridgehead atoms. The number of benzene rings is 1. The number of hydrogen-bond acceptors (Lipinski definition) is 2. The van der Waals surface area contributed by atoms with E-state index in [0.29, 0.717) is 5.56 Å². The summed E-state index contributed by atoms with van der Waals surface area (Å²) in [6.45, 7) is 3.07. The molecular formula is C10H11ClFNO. The summed E-state index contributed by atoms with van der Waals surface area (Å²) in [5, 5.41) is 0.107. The monoisotopic (exact) mass is 215 g/mol. The summed E-state index contributed by atoms with van der Waals surface area (Å²) >= 11 is 5.72. The van der Waals surface area contributed by atoms with Gasteiger partial charge in [0.15, 0.2) is 5.78 Å². The minimum absolute atomic E-state index is 0.107. The van der Waals surface area contributed by atoms with Gasteiger partial charge in [0.25, 0.3) is 0 Å². The van der Waals surface area contributed by atoms with Crippen molar-refractivity contribution in [3.63, 3.8) is 0 Å². The number of nitrogens with two attached hydrogens (primary N) is 1. The Morgan fingerprint density at radius 1 is 1.57 bits per heavy atom. The van der Waals surface area contributed by atoms with Crippen molar-refractivity contribution >= 4 is 17.4 Å². The van der Waals surface area contributed by atoms with Crippen molar-refractivity contribution in [2.24, 2.45) is 5.73 Å². The lowest BCUT2D eigenvalue weighted by Crippen LogP contribution is -2.28. The van der Waals surface area contributed by atoms with Crippen molar-refractivity contribution in [3.05, 3.63) is 34.1 Å². The summed E-state index contributed by atoms with van der Waals surface area (Å²) in [6.07, 6.45) is 0. The summed E-state index contributed by atoms with van der Waals surface area (Å²) in [5.74, 6) is -1.06. The molecule has 1 aromatic carbocycles. The maximum absolute atomic E-state index is 13.5. The molecule has 1 unspecified atom stereocenters. The van der Waals surface area contributed by atoms with Crippen LogP contribution in [0.3, 0.4) is 0 Å². The molecule has 0 aromatic heterocycles. The van der Waals surface area contributed by atoms with Crippen LogP contribution in [-0.2, 0) is 0 Å². The molecule has 0 saturated carbocycles. The SMILES string of the molecule is Cc1ccc(Cl)c(C(=O)C(C)N)c1F. The van der Waals surface area contributed by atoms with Gasteiger partial charge in [-0.05, 0) is 25.5 Å². The van der Waals surface area contributed by atoms with E-state index in [1.807, 2.05) is 0 Å². The van der Waals surface area contributed by atoms with E-state index in [9.17, 15) is 9.18 Å². The molecule has 0 aliphatic rings. The second-order valence-corrected chi connectivity index (χ2v) is 3.61. The number of carbonyl (C=O) groups is 1. The Hall–Kier alpha value is -0.930. The maximum Gasteiger partial charge on any atom is 0.183 e. The third-order valence-corrected chi connectivity index (χ3v) is 2.26. The molecule has 0 heterocycles. The molecule has 0 aliphatic carbocycles. The molecule has 0 aliphatic heterocycles. The first-order valence-corrected chi connectivity index (χ1v) is 4.57. The molecule has 0 radical (unpaired) electrons. The molecular weight excluding hydrogens is 205 g/mol. The van der Waals surface area contributed by atoms with Crippen LogP contribution in [0.5, 0.6) is 0 Å². The summed E-state index contributed by atoms with van der Waals surface area (Å²) in [6, 6.07) is 2.27. The molecule has 0 amide bonds. The normalized spacial score (nSPS) is 12.6. The van der Waals surface area contributed by atoms with Gasteiger partial charge in [-0.3, -0.25) is 4.79 Å². The Labute approximate surface area is 86.9 Å². The topological polar surface area (TPSA) is 43.1 Å². The molecule has 1 rings (SSSR count). The predicted octanol–water partition coefficient (Wildman–Crippen LogP) is 2.32. The molecule has 0 fully saturated rings. The average molecular weight is 216 g/mol. The summed E-state index contributed by atoms with van der Waals surface area (Å²) in [7, 11) is 0. The Kier molecular flexibility index (Phi) is 3.24. The van der Waals surface area contributed by atoms with Crippen molar-refractivity contribution in [2.45, 2.75) is 19.9 Å². The van der Waals surface area contributed by atoms with Crippen molar-refractivity contribution in [1.29, 1.82) is 0 Å². The van der Waals surface area contributed by atoms with Crippen LogP contribution in [0.4, 0.5) is 4.39 Å². The van der Waals surface area contributed by atoms with E-state index in [2.05, 4.69) is 0 Å². The zero-order valence-corrected chi connectivity index (χ0v) is 8.73. The number of halogens is 2. The number of rotatable bonds is 2.